The Hall–Kier alpha value is -2.94. The quantitative estimate of drug-likeness (QED) is 0.754. The number of hydrogen-bond acceptors (Lipinski definition) is 5. The van der Waals surface area contributed by atoms with E-state index in [0.29, 0.717) is 56.1 Å². The van der Waals surface area contributed by atoms with Crippen LogP contribution in [0.1, 0.15) is 29.5 Å². The van der Waals surface area contributed by atoms with Crippen LogP contribution in [0.25, 0.3) is 0 Å². The van der Waals surface area contributed by atoms with Gasteiger partial charge in [-0.3, -0.25) is 9.69 Å². The summed E-state index contributed by atoms with van der Waals surface area (Å²) in [5, 5.41) is 14.9. The van der Waals surface area contributed by atoms with E-state index in [-0.39, 0.29) is 0 Å². The Morgan fingerprint density at radius 3 is 2.41 bits per heavy atom. The number of aliphatic hydroxyl groups is 1. The number of carbonyl (C=O) groups excluding carboxylic acids is 2. The number of aryl methyl sites for hydroxylation is 2. The van der Waals surface area contributed by atoms with Crippen LogP contribution in [0.5, 0.6) is 0 Å². The molecule has 1 atom stereocenters. The van der Waals surface area contributed by atoms with Crippen molar-refractivity contribution in [2.24, 2.45) is 0 Å². The van der Waals surface area contributed by atoms with Crippen LogP contribution in [0, 0.1) is 13.8 Å². The minimum atomic E-state index is -2.18. The number of urea groups is 1. The van der Waals surface area contributed by atoms with Gasteiger partial charge in [-0.25, -0.2) is 4.79 Å². The molecule has 168 valence electrons. The van der Waals surface area contributed by atoms with E-state index in [4.69, 9.17) is 9.47 Å². The van der Waals surface area contributed by atoms with Crippen molar-refractivity contribution >= 4 is 23.3 Å². The van der Waals surface area contributed by atoms with Gasteiger partial charge in [-0.05, 0) is 43.2 Å². The molecule has 3 amide bonds. The van der Waals surface area contributed by atoms with Crippen LogP contribution in [-0.4, -0.2) is 54.0 Å². The fourth-order valence-electron chi connectivity index (χ4n) is 4.77. The molecular formula is C24H27N3O5. The SMILES string of the molecule is Cc1ccc(N2C(=O)Nc3ccccc3C2(O)C(=O)N2CCC3(CC2)OCCO3)cc1C. The topological polar surface area (TPSA) is 91.3 Å². The third kappa shape index (κ3) is 3.18. The molecule has 0 saturated carbocycles. The molecule has 3 aliphatic heterocycles. The van der Waals surface area contributed by atoms with Gasteiger partial charge in [-0.2, -0.15) is 0 Å². The van der Waals surface area contributed by atoms with Gasteiger partial charge >= 0.3 is 6.03 Å². The Balaban J connectivity index is 1.55. The molecule has 2 saturated heterocycles. The van der Waals surface area contributed by atoms with E-state index in [9.17, 15) is 14.7 Å². The summed E-state index contributed by atoms with van der Waals surface area (Å²) in [5.74, 6) is -1.18. The summed E-state index contributed by atoms with van der Waals surface area (Å²) < 4.78 is 11.5. The standard InChI is InChI=1S/C24H27N3O5/c1-16-7-8-18(15-17(16)2)27-22(29)25-20-6-4-3-5-19(20)24(27,30)21(28)26-11-9-23(10-12-26)31-13-14-32-23/h3-8,15,30H,9-14H2,1-2H3,(H,25,29). The maximum absolute atomic E-state index is 13.9. The van der Waals surface area contributed by atoms with Crippen molar-refractivity contribution < 1.29 is 24.2 Å². The minimum Gasteiger partial charge on any atom is -0.359 e. The zero-order valence-corrected chi connectivity index (χ0v) is 18.3. The summed E-state index contributed by atoms with van der Waals surface area (Å²) in [4.78, 5) is 29.9. The first-order valence-electron chi connectivity index (χ1n) is 10.9. The number of fused-ring (bicyclic) bond motifs is 1. The van der Waals surface area contributed by atoms with Crippen molar-refractivity contribution in [3.05, 3.63) is 59.2 Å². The highest BCUT2D eigenvalue weighted by molar-refractivity contribution is 6.11. The second kappa shape index (κ2) is 7.58. The lowest BCUT2D eigenvalue weighted by Gasteiger charge is -2.46. The number of anilines is 2. The van der Waals surface area contributed by atoms with Crippen molar-refractivity contribution in [1.82, 2.24) is 4.90 Å². The Morgan fingerprint density at radius 1 is 1.03 bits per heavy atom. The van der Waals surface area contributed by atoms with E-state index in [1.54, 1.807) is 35.2 Å². The Kier molecular flexibility index (Phi) is 4.96. The molecule has 0 radical (unpaired) electrons. The summed E-state index contributed by atoms with van der Waals surface area (Å²) in [6.07, 6.45) is 1.04. The number of nitrogens with one attached hydrogen (secondary N) is 1. The molecule has 8 nitrogen and oxygen atoms in total. The van der Waals surface area contributed by atoms with E-state index >= 15 is 0 Å². The van der Waals surface area contributed by atoms with Crippen molar-refractivity contribution in [2.45, 2.75) is 38.2 Å². The predicted molar refractivity (Wildman–Crippen MR) is 118 cm³/mol. The molecule has 8 heteroatoms. The summed E-state index contributed by atoms with van der Waals surface area (Å²) in [6, 6.07) is 11.8. The average Bonchev–Trinajstić information content (AvgIpc) is 3.24. The molecule has 32 heavy (non-hydrogen) atoms. The van der Waals surface area contributed by atoms with E-state index in [2.05, 4.69) is 5.32 Å². The highest BCUT2D eigenvalue weighted by Gasteiger charge is 2.54. The van der Waals surface area contributed by atoms with Gasteiger partial charge in [-0.15, -0.1) is 0 Å². The van der Waals surface area contributed by atoms with Gasteiger partial charge in [0.15, 0.2) is 5.79 Å². The molecule has 3 aliphatic rings. The highest BCUT2D eigenvalue weighted by atomic mass is 16.7. The van der Waals surface area contributed by atoms with Gasteiger partial charge < -0.3 is 24.8 Å². The van der Waals surface area contributed by atoms with E-state index in [1.807, 2.05) is 26.0 Å². The number of piperidine rings is 1. The average molecular weight is 437 g/mol. The fourth-order valence-corrected chi connectivity index (χ4v) is 4.77. The number of carbonyl (C=O) groups is 2. The highest BCUT2D eigenvalue weighted by Crippen LogP contribution is 2.42. The van der Waals surface area contributed by atoms with Crippen LogP contribution in [0.4, 0.5) is 16.2 Å². The van der Waals surface area contributed by atoms with Crippen molar-refractivity contribution in [3.8, 4) is 0 Å². The van der Waals surface area contributed by atoms with Gasteiger partial charge in [0.1, 0.15) is 0 Å². The zero-order valence-electron chi connectivity index (χ0n) is 18.3. The molecule has 0 aromatic heterocycles. The Morgan fingerprint density at radius 2 is 1.72 bits per heavy atom. The predicted octanol–water partition coefficient (Wildman–Crippen LogP) is 2.87. The molecule has 2 aromatic rings. The van der Waals surface area contributed by atoms with Crippen molar-refractivity contribution in [3.63, 3.8) is 0 Å². The lowest BCUT2D eigenvalue weighted by molar-refractivity contribution is -0.192. The zero-order chi connectivity index (χ0) is 22.5. The lowest BCUT2D eigenvalue weighted by Crippen LogP contribution is -2.64. The Labute approximate surface area is 186 Å². The monoisotopic (exact) mass is 437 g/mol. The summed E-state index contributed by atoms with van der Waals surface area (Å²) in [5.41, 5.74) is 1.05. The van der Waals surface area contributed by atoms with Gasteiger partial charge in [-0.1, -0.05) is 24.3 Å². The first-order valence-corrected chi connectivity index (χ1v) is 10.9. The molecule has 3 heterocycles. The van der Waals surface area contributed by atoms with E-state index < -0.39 is 23.5 Å². The smallest absolute Gasteiger partial charge is 0.329 e. The summed E-state index contributed by atoms with van der Waals surface area (Å²) in [7, 11) is 0. The molecule has 5 rings (SSSR count). The number of likely N-dealkylation sites (tertiary alicyclic amines) is 1. The first kappa shape index (κ1) is 20.9. The molecule has 2 aromatic carbocycles. The molecule has 2 fully saturated rings. The maximum Gasteiger partial charge on any atom is 0.329 e. The third-order valence-electron chi connectivity index (χ3n) is 6.74. The van der Waals surface area contributed by atoms with E-state index in [1.165, 1.54) is 0 Å². The maximum atomic E-state index is 13.9. The first-order chi connectivity index (χ1) is 15.3. The number of amides is 3. The van der Waals surface area contributed by atoms with E-state index in [0.717, 1.165) is 16.0 Å². The fraction of sp³-hybridized carbons (Fsp3) is 0.417. The minimum absolute atomic E-state index is 0.344. The van der Waals surface area contributed by atoms with Crippen LogP contribution >= 0.6 is 0 Å². The van der Waals surface area contributed by atoms with Gasteiger partial charge in [0.25, 0.3) is 11.6 Å². The second-order valence-electron chi connectivity index (χ2n) is 8.65. The normalized spacial score (nSPS) is 24.4. The van der Waals surface area contributed by atoms with Crippen molar-refractivity contribution in [2.75, 3.05) is 36.5 Å². The van der Waals surface area contributed by atoms with Crippen LogP contribution in [0.2, 0.25) is 0 Å². The largest absolute Gasteiger partial charge is 0.359 e. The van der Waals surface area contributed by atoms with Crippen molar-refractivity contribution in [1.29, 1.82) is 0 Å². The molecule has 0 bridgehead atoms. The Bertz CT molecular complexity index is 1070. The van der Waals surface area contributed by atoms with Gasteiger partial charge in [0, 0.05) is 37.2 Å². The van der Waals surface area contributed by atoms with Crippen LogP contribution in [-0.2, 0) is 20.0 Å². The van der Waals surface area contributed by atoms with Crippen LogP contribution in [0.3, 0.4) is 0 Å². The molecule has 0 aliphatic carbocycles. The number of ether oxygens (including phenoxy) is 2. The second-order valence-corrected chi connectivity index (χ2v) is 8.65. The van der Waals surface area contributed by atoms with Gasteiger partial charge in [0.05, 0.1) is 18.9 Å². The van der Waals surface area contributed by atoms with Gasteiger partial charge in [0.2, 0.25) is 0 Å². The number of para-hydroxylation sites is 1. The van der Waals surface area contributed by atoms with Crippen LogP contribution < -0.4 is 10.2 Å². The third-order valence-corrected chi connectivity index (χ3v) is 6.74. The number of nitrogens with zero attached hydrogens (tertiary/aromatic N) is 2. The molecule has 1 spiro atoms. The number of benzene rings is 2. The number of rotatable bonds is 2. The molecule has 1 unspecified atom stereocenters. The molecule has 2 N–H and O–H groups in total. The van der Waals surface area contributed by atoms with Crippen LogP contribution in [0.15, 0.2) is 42.5 Å². The lowest BCUT2D eigenvalue weighted by atomic mass is 9.92. The number of hydrogen-bond donors (Lipinski definition) is 2. The summed E-state index contributed by atoms with van der Waals surface area (Å²) >= 11 is 0. The molecular weight excluding hydrogens is 410 g/mol. The summed E-state index contributed by atoms with van der Waals surface area (Å²) in [6.45, 7) is 5.73.